The summed E-state index contributed by atoms with van der Waals surface area (Å²) in [6.45, 7) is -0.0859. The highest BCUT2D eigenvalue weighted by atomic mass is 79.9. The fourth-order valence-electron chi connectivity index (χ4n) is 1.48. The smallest absolute Gasteiger partial charge is 0.277 e. The number of benzene rings is 2. The van der Waals surface area contributed by atoms with E-state index in [1.165, 1.54) is 0 Å². The maximum Gasteiger partial charge on any atom is 0.277 e. The number of nitrogens with zero attached hydrogens (tertiary/aromatic N) is 1. The van der Waals surface area contributed by atoms with E-state index in [1.807, 2.05) is 36.4 Å². The second-order valence-corrected chi connectivity index (χ2v) is 5.92. The number of halogens is 2. The second kappa shape index (κ2) is 7.95. The van der Waals surface area contributed by atoms with Crippen LogP contribution in [0.4, 0.5) is 0 Å². The van der Waals surface area contributed by atoms with Crippen molar-refractivity contribution in [3.05, 3.63) is 63.0 Å². The zero-order chi connectivity index (χ0) is 15.1. The molecule has 0 aliphatic heterocycles. The largest absolute Gasteiger partial charge is 0.484 e. The fraction of sp³-hybridized carbons (Fsp3) is 0.0667. The Labute approximate surface area is 139 Å². The van der Waals surface area contributed by atoms with Crippen molar-refractivity contribution >= 4 is 44.0 Å². The molecule has 21 heavy (non-hydrogen) atoms. The Hall–Kier alpha value is -1.66. The summed E-state index contributed by atoms with van der Waals surface area (Å²) in [6, 6.07) is 14.8. The van der Waals surface area contributed by atoms with Crippen LogP contribution in [0.1, 0.15) is 5.56 Å². The molecule has 0 fully saturated rings. The maximum atomic E-state index is 11.6. The van der Waals surface area contributed by atoms with Gasteiger partial charge in [-0.1, -0.05) is 44.0 Å². The SMILES string of the molecule is O=C(COc1ccc(Br)cc1)N/N=C\c1cccc(Br)c1. The molecule has 6 heteroatoms. The molecule has 0 bridgehead atoms. The van der Waals surface area contributed by atoms with Gasteiger partial charge >= 0.3 is 0 Å². The summed E-state index contributed by atoms with van der Waals surface area (Å²) in [4.78, 5) is 11.6. The second-order valence-electron chi connectivity index (χ2n) is 4.09. The van der Waals surface area contributed by atoms with Crippen molar-refractivity contribution in [2.75, 3.05) is 6.61 Å². The molecule has 0 radical (unpaired) electrons. The number of nitrogens with one attached hydrogen (secondary N) is 1. The number of ether oxygens (including phenoxy) is 1. The third-order valence-electron chi connectivity index (χ3n) is 2.44. The molecule has 1 N–H and O–H groups in total. The quantitative estimate of drug-likeness (QED) is 0.601. The molecule has 2 aromatic rings. The Morgan fingerprint density at radius 3 is 2.62 bits per heavy atom. The van der Waals surface area contributed by atoms with Crippen LogP contribution in [-0.2, 0) is 4.79 Å². The predicted molar refractivity (Wildman–Crippen MR) is 89.5 cm³/mol. The van der Waals surface area contributed by atoms with Crippen molar-refractivity contribution in [1.82, 2.24) is 5.43 Å². The number of amides is 1. The van der Waals surface area contributed by atoms with Gasteiger partial charge < -0.3 is 4.74 Å². The normalized spacial score (nSPS) is 10.6. The molecule has 4 nitrogen and oxygen atoms in total. The number of rotatable bonds is 5. The monoisotopic (exact) mass is 410 g/mol. The van der Waals surface area contributed by atoms with E-state index < -0.39 is 0 Å². The lowest BCUT2D eigenvalue weighted by atomic mass is 10.2. The lowest BCUT2D eigenvalue weighted by molar-refractivity contribution is -0.123. The summed E-state index contributed by atoms with van der Waals surface area (Å²) in [5.74, 6) is 0.313. The van der Waals surface area contributed by atoms with Gasteiger partial charge in [-0.3, -0.25) is 4.79 Å². The van der Waals surface area contributed by atoms with Crippen molar-refractivity contribution in [3.8, 4) is 5.75 Å². The first-order valence-corrected chi connectivity index (χ1v) is 7.68. The van der Waals surface area contributed by atoms with Crippen LogP contribution in [0.15, 0.2) is 62.6 Å². The van der Waals surface area contributed by atoms with Gasteiger partial charge in [-0.05, 0) is 42.0 Å². The minimum Gasteiger partial charge on any atom is -0.484 e. The van der Waals surface area contributed by atoms with Gasteiger partial charge in [0.2, 0.25) is 0 Å². The predicted octanol–water partition coefficient (Wildman–Crippen LogP) is 3.74. The van der Waals surface area contributed by atoms with Gasteiger partial charge in [0.25, 0.3) is 5.91 Å². The molecular formula is C15H12Br2N2O2. The Morgan fingerprint density at radius 2 is 1.90 bits per heavy atom. The molecule has 2 aromatic carbocycles. The summed E-state index contributed by atoms with van der Waals surface area (Å²) < 4.78 is 7.24. The van der Waals surface area contributed by atoms with Crippen molar-refractivity contribution in [2.24, 2.45) is 5.10 Å². The molecule has 0 saturated heterocycles. The molecule has 0 aliphatic rings. The molecule has 0 spiro atoms. The number of hydrogen-bond acceptors (Lipinski definition) is 3. The molecule has 108 valence electrons. The Bertz CT molecular complexity index is 642. The van der Waals surface area contributed by atoms with Crippen LogP contribution in [0.3, 0.4) is 0 Å². The molecule has 2 rings (SSSR count). The average Bonchev–Trinajstić information content (AvgIpc) is 2.47. The highest BCUT2D eigenvalue weighted by Gasteiger charge is 2.01. The van der Waals surface area contributed by atoms with E-state index in [0.717, 1.165) is 14.5 Å². The Balaban J connectivity index is 1.78. The first kappa shape index (κ1) is 15.7. The lowest BCUT2D eigenvalue weighted by Crippen LogP contribution is -2.24. The number of hydrogen-bond donors (Lipinski definition) is 1. The highest BCUT2D eigenvalue weighted by Crippen LogP contribution is 2.15. The first-order chi connectivity index (χ1) is 10.1. The highest BCUT2D eigenvalue weighted by molar-refractivity contribution is 9.10. The van der Waals surface area contributed by atoms with Crippen molar-refractivity contribution < 1.29 is 9.53 Å². The van der Waals surface area contributed by atoms with Gasteiger partial charge in [0.15, 0.2) is 6.61 Å². The molecule has 0 saturated carbocycles. The fourth-order valence-corrected chi connectivity index (χ4v) is 2.16. The lowest BCUT2D eigenvalue weighted by Gasteiger charge is -2.04. The van der Waals surface area contributed by atoms with Crippen LogP contribution in [0, 0.1) is 0 Å². The van der Waals surface area contributed by atoms with Gasteiger partial charge in [0, 0.05) is 8.95 Å². The summed E-state index contributed by atoms with van der Waals surface area (Å²) in [7, 11) is 0. The molecule has 0 heterocycles. The zero-order valence-corrected chi connectivity index (χ0v) is 14.1. The molecule has 1 amide bonds. The third kappa shape index (κ3) is 5.69. The van der Waals surface area contributed by atoms with E-state index >= 15 is 0 Å². The van der Waals surface area contributed by atoms with Crippen LogP contribution in [-0.4, -0.2) is 18.7 Å². The van der Waals surface area contributed by atoms with Gasteiger partial charge in [-0.15, -0.1) is 0 Å². The minimum absolute atomic E-state index is 0.0859. The Morgan fingerprint density at radius 1 is 1.14 bits per heavy atom. The standard InChI is InChI=1S/C15H12Br2N2O2/c16-12-4-6-14(7-5-12)21-10-15(20)19-18-9-11-2-1-3-13(17)8-11/h1-9H,10H2,(H,19,20)/b18-9-. The van der Waals surface area contributed by atoms with Crippen molar-refractivity contribution in [2.45, 2.75) is 0 Å². The van der Waals surface area contributed by atoms with Crippen LogP contribution < -0.4 is 10.2 Å². The molecule has 0 unspecified atom stereocenters. The van der Waals surface area contributed by atoms with E-state index in [-0.39, 0.29) is 12.5 Å². The van der Waals surface area contributed by atoms with E-state index in [4.69, 9.17) is 4.74 Å². The first-order valence-electron chi connectivity index (χ1n) is 6.09. The van der Waals surface area contributed by atoms with Crippen LogP contribution in [0.25, 0.3) is 0 Å². The van der Waals surface area contributed by atoms with Gasteiger partial charge in [-0.2, -0.15) is 5.10 Å². The molecule has 0 aliphatic carbocycles. The summed E-state index contributed by atoms with van der Waals surface area (Å²) >= 11 is 6.70. The van der Waals surface area contributed by atoms with Crippen LogP contribution >= 0.6 is 31.9 Å². The summed E-state index contributed by atoms with van der Waals surface area (Å²) in [5, 5.41) is 3.88. The molecule has 0 aromatic heterocycles. The van der Waals surface area contributed by atoms with Gasteiger partial charge in [0.05, 0.1) is 6.21 Å². The van der Waals surface area contributed by atoms with Gasteiger partial charge in [0.1, 0.15) is 5.75 Å². The van der Waals surface area contributed by atoms with E-state index in [9.17, 15) is 4.79 Å². The maximum absolute atomic E-state index is 11.6. The van der Waals surface area contributed by atoms with E-state index in [2.05, 4.69) is 42.4 Å². The number of carbonyl (C=O) groups is 1. The van der Waals surface area contributed by atoms with Crippen LogP contribution in [0.2, 0.25) is 0 Å². The number of carbonyl (C=O) groups excluding carboxylic acids is 1. The van der Waals surface area contributed by atoms with Gasteiger partial charge in [-0.25, -0.2) is 5.43 Å². The van der Waals surface area contributed by atoms with Crippen molar-refractivity contribution in [3.63, 3.8) is 0 Å². The Kier molecular flexibility index (Phi) is 5.95. The van der Waals surface area contributed by atoms with E-state index in [0.29, 0.717) is 5.75 Å². The zero-order valence-electron chi connectivity index (χ0n) is 10.9. The van der Waals surface area contributed by atoms with Crippen LogP contribution in [0.5, 0.6) is 5.75 Å². The average molecular weight is 412 g/mol. The third-order valence-corrected chi connectivity index (χ3v) is 3.46. The minimum atomic E-state index is -0.316. The molecular weight excluding hydrogens is 400 g/mol. The number of hydrazone groups is 1. The topological polar surface area (TPSA) is 50.7 Å². The van der Waals surface area contributed by atoms with Crippen molar-refractivity contribution in [1.29, 1.82) is 0 Å². The summed E-state index contributed by atoms with van der Waals surface area (Å²) in [6.07, 6.45) is 1.57. The molecule has 0 atom stereocenters. The van der Waals surface area contributed by atoms with E-state index in [1.54, 1.807) is 18.3 Å². The summed E-state index contributed by atoms with van der Waals surface area (Å²) in [5.41, 5.74) is 3.30.